The van der Waals surface area contributed by atoms with E-state index in [1.165, 1.54) is 12.1 Å². The zero-order valence-corrected chi connectivity index (χ0v) is 16.1. The largest absolute Gasteiger partial charge is 0.369 e. The first kappa shape index (κ1) is 19.1. The summed E-state index contributed by atoms with van der Waals surface area (Å²) in [5.74, 6) is 0.173. The highest BCUT2D eigenvalue weighted by atomic mass is 16.6. The van der Waals surface area contributed by atoms with Gasteiger partial charge in [0.25, 0.3) is 5.69 Å². The van der Waals surface area contributed by atoms with Gasteiger partial charge in [-0.3, -0.25) is 19.8 Å². The van der Waals surface area contributed by atoms with Gasteiger partial charge in [-0.2, -0.15) is 0 Å². The molecule has 0 N–H and O–H groups in total. The molecule has 1 aromatic heterocycles. The van der Waals surface area contributed by atoms with E-state index in [0.29, 0.717) is 6.54 Å². The third kappa shape index (κ3) is 4.03. The number of benzene rings is 1. The molecule has 144 valence electrons. The first-order valence-electron chi connectivity index (χ1n) is 9.32. The topological polar surface area (TPSA) is 71.6 Å². The van der Waals surface area contributed by atoms with Gasteiger partial charge >= 0.3 is 0 Å². The van der Waals surface area contributed by atoms with Gasteiger partial charge in [-0.1, -0.05) is 0 Å². The maximum Gasteiger partial charge on any atom is 0.269 e. The number of hydrogen-bond donors (Lipinski definition) is 0. The Bertz CT molecular complexity index is 834. The number of carbonyl (C=O) groups is 1. The summed E-state index contributed by atoms with van der Waals surface area (Å²) in [4.78, 5) is 27.5. The zero-order chi connectivity index (χ0) is 19.6. The Balaban J connectivity index is 1.58. The third-order valence-electron chi connectivity index (χ3n) is 5.36. The van der Waals surface area contributed by atoms with Crippen molar-refractivity contribution in [1.82, 2.24) is 9.47 Å². The Kier molecular flexibility index (Phi) is 5.60. The van der Waals surface area contributed by atoms with Gasteiger partial charge in [-0.15, -0.1) is 0 Å². The molecule has 1 aliphatic heterocycles. The summed E-state index contributed by atoms with van der Waals surface area (Å²) < 4.78 is 2.17. The van der Waals surface area contributed by atoms with Crippen LogP contribution in [0, 0.1) is 24.0 Å². The number of piperazine rings is 1. The molecule has 0 atom stereocenters. The number of ketones is 1. The molecule has 27 heavy (non-hydrogen) atoms. The highest BCUT2D eigenvalue weighted by molar-refractivity contribution is 5.99. The lowest BCUT2D eigenvalue weighted by atomic mass is 10.1. The number of nitrogens with zero attached hydrogens (tertiary/aromatic N) is 4. The third-order valence-corrected chi connectivity index (χ3v) is 5.36. The van der Waals surface area contributed by atoms with Crippen LogP contribution in [-0.4, -0.2) is 52.9 Å². The minimum absolute atomic E-state index is 0.104. The number of Topliss-reactive ketones (excluding diaryl/α,β-unsaturated/α-hetero) is 1. The second kappa shape index (κ2) is 7.92. The number of rotatable bonds is 6. The van der Waals surface area contributed by atoms with E-state index in [9.17, 15) is 14.9 Å². The Labute approximate surface area is 159 Å². The van der Waals surface area contributed by atoms with Crippen LogP contribution in [0.3, 0.4) is 0 Å². The fraction of sp³-hybridized carbons (Fsp3) is 0.450. The van der Waals surface area contributed by atoms with Gasteiger partial charge in [0.1, 0.15) is 0 Å². The molecule has 1 aliphatic rings. The smallest absolute Gasteiger partial charge is 0.269 e. The molecule has 0 bridgehead atoms. The molecule has 0 radical (unpaired) electrons. The Morgan fingerprint density at radius 2 is 1.74 bits per heavy atom. The molecular formula is C20H26N4O3. The standard InChI is InChI=1S/C20H26N4O3/c1-4-23-15(2)13-19(16(23)3)20(25)14-21-9-11-22(12-10-21)17-5-7-18(8-6-17)24(26)27/h5-8,13H,4,9-12,14H2,1-3H3. The fourth-order valence-corrected chi connectivity index (χ4v) is 3.81. The average Bonchev–Trinajstić information content (AvgIpc) is 2.96. The van der Waals surface area contributed by atoms with Crippen molar-refractivity contribution in [2.24, 2.45) is 0 Å². The van der Waals surface area contributed by atoms with Crippen molar-refractivity contribution in [2.45, 2.75) is 27.3 Å². The summed E-state index contributed by atoms with van der Waals surface area (Å²) in [5.41, 5.74) is 4.09. The molecule has 0 amide bonds. The number of aromatic nitrogens is 1. The molecular weight excluding hydrogens is 344 g/mol. The number of hydrogen-bond acceptors (Lipinski definition) is 5. The quantitative estimate of drug-likeness (QED) is 0.444. The molecule has 1 aromatic carbocycles. The first-order chi connectivity index (χ1) is 12.9. The number of non-ortho nitro benzene ring substituents is 1. The molecule has 7 nitrogen and oxygen atoms in total. The lowest BCUT2D eigenvalue weighted by molar-refractivity contribution is -0.384. The SMILES string of the molecule is CCn1c(C)cc(C(=O)CN2CCN(c3ccc([N+](=O)[O-])cc3)CC2)c1C. The van der Waals surface area contributed by atoms with Crippen molar-refractivity contribution in [3.63, 3.8) is 0 Å². The number of anilines is 1. The molecule has 0 aliphatic carbocycles. The van der Waals surface area contributed by atoms with Crippen molar-refractivity contribution in [3.05, 3.63) is 57.4 Å². The predicted molar refractivity (Wildman–Crippen MR) is 106 cm³/mol. The Morgan fingerprint density at radius 3 is 2.26 bits per heavy atom. The molecule has 0 saturated carbocycles. The van der Waals surface area contributed by atoms with Crippen molar-refractivity contribution in [3.8, 4) is 0 Å². The van der Waals surface area contributed by atoms with Gasteiger partial charge in [0.05, 0.1) is 11.5 Å². The molecule has 2 heterocycles. The van der Waals surface area contributed by atoms with E-state index < -0.39 is 0 Å². The van der Waals surface area contributed by atoms with E-state index in [-0.39, 0.29) is 16.4 Å². The summed E-state index contributed by atoms with van der Waals surface area (Å²) in [5, 5.41) is 10.8. The monoisotopic (exact) mass is 370 g/mol. The van der Waals surface area contributed by atoms with Crippen LogP contribution in [0.4, 0.5) is 11.4 Å². The fourth-order valence-electron chi connectivity index (χ4n) is 3.81. The summed E-state index contributed by atoms with van der Waals surface area (Å²) in [6.07, 6.45) is 0. The van der Waals surface area contributed by atoms with Crippen LogP contribution < -0.4 is 4.90 Å². The van der Waals surface area contributed by atoms with Crippen molar-refractivity contribution < 1.29 is 9.72 Å². The molecule has 3 rings (SSSR count). The van der Waals surface area contributed by atoms with Crippen LogP contribution in [0.2, 0.25) is 0 Å². The Hall–Kier alpha value is -2.67. The van der Waals surface area contributed by atoms with Crippen LogP contribution in [0.15, 0.2) is 30.3 Å². The Morgan fingerprint density at radius 1 is 1.11 bits per heavy atom. The minimum atomic E-state index is -0.386. The zero-order valence-electron chi connectivity index (χ0n) is 16.1. The van der Waals surface area contributed by atoms with E-state index in [4.69, 9.17) is 0 Å². The van der Waals surface area contributed by atoms with E-state index in [0.717, 1.165) is 55.4 Å². The minimum Gasteiger partial charge on any atom is -0.369 e. The molecule has 7 heteroatoms. The molecule has 1 saturated heterocycles. The first-order valence-corrected chi connectivity index (χ1v) is 9.32. The normalized spacial score (nSPS) is 15.1. The van der Waals surface area contributed by atoms with Gasteiger partial charge in [0, 0.05) is 67.5 Å². The molecule has 1 fully saturated rings. The number of carbonyl (C=O) groups excluding carboxylic acids is 1. The van der Waals surface area contributed by atoms with Crippen LogP contribution in [0.25, 0.3) is 0 Å². The summed E-state index contributed by atoms with van der Waals surface area (Å²) in [6, 6.07) is 8.65. The summed E-state index contributed by atoms with van der Waals surface area (Å²) in [7, 11) is 0. The maximum atomic E-state index is 12.7. The van der Waals surface area contributed by atoms with E-state index in [2.05, 4.69) is 21.3 Å². The van der Waals surface area contributed by atoms with E-state index >= 15 is 0 Å². The van der Waals surface area contributed by atoms with Gasteiger partial charge in [-0.05, 0) is 39.0 Å². The predicted octanol–water partition coefficient (Wildman–Crippen LogP) is 3.04. The van der Waals surface area contributed by atoms with E-state index in [1.54, 1.807) is 12.1 Å². The maximum absolute atomic E-state index is 12.7. The molecule has 0 unspecified atom stereocenters. The molecule has 0 spiro atoms. The van der Waals surface area contributed by atoms with Gasteiger partial charge in [-0.25, -0.2) is 0 Å². The highest BCUT2D eigenvalue weighted by Gasteiger charge is 2.22. The van der Waals surface area contributed by atoms with Crippen molar-refractivity contribution in [2.75, 3.05) is 37.6 Å². The van der Waals surface area contributed by atoms with E-state index in [1.807, 2.05) is 19.9 Å². The highest BCUT2D eigenvalue weighted by Crippen LogP contribution is 2.21. The van der Waals surface area contributed by atoms with Gasteiger partial charge in [0.2, 0.25) is 0 Å². The van der Waals surface area contributed by atoms with Gasteiger partial charge < -0.3 is 9.47 Å². The van der Waals surface area contributed by atoms with Crippen LogP contribution in [-0.2, 0) is 6.54 Å². The van der Waals surface area contributed by atoms with Crippen LogP contribution >= 0.6 is 0 Å². The summed E-state index contributed by atoms with van der Waals surface area (Å²) >= 11 is 0. The second-order valence-corrected chi connectivity index (χ2v) is 6.99. The van der Waals surface area contributed by atoms with Crippen LogP contribution in [0.1, 0.15) is 28.7 Å². The number of aryl methyl sites for hydroxylation is 1. The number of nitro groups is 1. The second-order valence-electron chi connectivity index (χ2n) is 6.99. The lowest BCUT2D eigenvalue weighted by Crippen LogP contribution is -2.48. The van der Waals surface area contributed by atoms with Gasteiger partial charge in [0.15, 0.2) is 5.78 Å². The lowest BCUT2D eigenvalue weighted by Gasteiger charge is -2.35. The van der Waals surface area contributed by atoms with Crippen LogP contribution in [0.5, 0.6) is 0 Å². The average molecular weight is 370 g/mol. The van der Waals surface area contributed by atoms with Crippen molar-refractivity contribution >= 4 is 17.2 Å². The summed E-state index contributed by atoms with van der Waals surface area (Å²) in [6.45, 7) is 10.7. The number of nitro benzene ring substituents is 1. The molecule has 2 aromatic rings. The van der Waals surface area contributed by atoms with Crippen molar-refractivity contribution in [1.29, 1.82) is 0 Å².